The first-order valence-electron chi connectivity index (χ1n) is 6.20. The molecule has 4 nitrogen and oxygen atoms in total. The summed E-state index contributed by atoms with van der Waals surface area (Å²) in [5, 5.41) is 0. The van der Waals surface area contributed by atoms with Gasteiger partial charge < -0.3 is 9.64 Å². The molecular formula is C14H18BrNO3. The van der Waals surface area contributed by atoms with E-state index in [9.17, 15) is 9.59 Å². The number of hydrogen-bond acceptors (Lipinski definition) is 3. The predicted molar refractivity (Wildman–Crippen MR) is 77.1 cm³/mol. The van der Waals surface area contributed by atoms with Gasteiger partial charge in [-0.15, -0.1) is 0 Å². The summed E-state index contributed by atoms with van der Waals surface area (Å²) >= 11 is 3.39. The number of ether oxygens (including phenoxy) is 1. The van der Waals surface area contributed by atoms with Gasteiger partial charge in [0.25, 0.3) is 5.91 Å². The largest absolute Gasteiger partial charge is 0.465 e. The molecule has 0 bridgehead atoms. The molecule has 0 aromatic heterocycles. The Morgan fingerprint density at radius 3 is 2.53 bits per heavy atom. The minimum absolute atomic E-state index is 0.0156. The standard InChI is InChI=1S/C14H18BrNO3/c1-4-16(9-13(17)19-5-2)14(18)11-6-7-12(15)10(3)8-11/h6-8H,4-5,9H2,1-3H3. The number of amides is 1. The first-order chi connectivity index (χ1) is 8.99. The summed E-state index contributed by atoms with van der Waals surface area (Å²) in [6.45, 7) is 6.27. The van der Waals surface area contributed by atoms with Crippen molar-refractivity contribution in [3.8, 4) is 0 Å². The van der Waals surface area contributed by atoms with Gasteiger partial charge in [0.05, 0.1) is 6.61 Å². The Balaban J connectivity index is 2.83. The van der Waals surface area contributed by atoms with E-state index < -0.39 is 0 Å². The highest BCUT2D eigenvalue weighted by molar-refractivity contribution is 9.10. The average Bonchev–Trinajstić information content (AvgIpc) is 2.38. The van der Waals surface area contributed by atoms with Crippen LogP contribution < -0.4 is 0 Å². The molecule has 0 N–H and O–H groups in total. The normalized spacial score (nSPS) is 10.1. The zero-order chi connectivity index (χ0) is 14.4. The second kappa shape index (κ2) is 7.28. The van der Waals surface area contributed by atoms with Crippen LogP contribution in [0.3, 0.4) is 0 Å². The van der Waals surface area contributed by atoms with Crippen LogP contribution in [0.25, 0.3) is 0 Å². The van der Waals surface area contributed by atoms with Crippen LogP contribution in [0, 0.1) is 6.92 Å². The van der Waals surface area contributed by atoms with Gasteiger partial charge in [0.15, 0.2) is 0 Å². The Morgan fingerprint density at radius 1 is 1.32 bits per heavy atom. The van der Waals surface area contributed by atoms with Gasteiger partial charge in [-0.1, -0.05) is 15.9 Å². The van der Waals surface area contributed by atoms with Crippen molar-refractivity contribution in [2.75, 3.05) is 19.7 Å². The molecule has 0 unspecified atom stereocenters. The molecule has 1 aromatic rings. The van der Waals surface area contributed by atoms with E-state index >= 15 is 0 Å². The number of esters is 1. The minimum atomic E-state index is -0.383. The van der Waals surface area contributed by atoms with Gasteiger partial charge in [-0.2, -0.15) is 0 Å². The fourth-order valence-electron chi connectivity index (χ4n) is 1.65. The SMILES string of the molecule is CCOC(=O)CN(CC)C(=O)c1ccc(Br)c(C)c1. The summed E-state index contributed by atoms with van der Waals surface area (Å²) in [4.78, 5) is 25.2. The van der Waals surface area contributed by atoms with Crippen LogP contribution in [0.2, 0.25) is 0 Å². The van der Waals surface area contributed by atoms with Crippen molar-refractivity contribution < 1.29 is 14.3 Å². The molecule has 0 aliphatic rings. The van der Waals surface area contributed by atoms with Crippen LogP contribution in [0.4, 0.5) is 0 Å². The van der Waals surface area contributed by atoms with Gasteiger partial charge in [0, 0.05) is 16.6 Å². The molecule has 0 saturated heterocycles. The minimum Gasteiger partial charge on any atom is -0.465 e. The van der Waals surface area contributed by atoms with Crippen LogP contribution in [-0.4, -0.2) is 36.5 Å². The van der Waals surface area contributed by atoms with Crippen molar-refractivity contribution in [2.24, 2.45) is 0 Å². The molecule has 0 spiro atoms. The van der Waals surface area contributed by atoms with E-state index in [1.807, 2.05) is 19.9 Å². The van der Waals surface area contributed by atoms with E-state index in [0.717, 1.165) is 10.0 Å². The molecule has 0 aliphatic carbocycles. The third kappa shape index (κ3) is 4.35. The smallest absolute Gasteiger partial charge is 0.325 e. The Labute approximate surface area is 121 Å². The third-order valence-corrected chi connectivity index (χ3v) is 3.59. The van der Waals surface area contributed by atoms with Crippen molar-refractivity contribution in [3.05, 3.63) is 33.8 Å². The lowest BCUT2D eigenvalue weighted by atomic mass is 10.1. The van der Waals surface area contributed by atoms with Gasteiger partial charge in [-0.3, -0.25) is 9.59 Å². The van der Waals surface area contributed by atoms with Crippen LogP contribution in [0.1, 0.15) is 29.8 Å². The lowest BCUT2D eigenvalue weighted by molar-refractivity contribution is -0.143. The molecule has 0 saturated carbocycles. The van der Waals surface area contributed by atoms with Gasteiger partial charge in [-0.25, -0.2) is 0 Å². The number of hydrogen-bond donors (Lipinski definition) is 0. The summed E-state index contributed by atoms with van der Waals surface area (Å²) < 4.78 is 5.82. The van der Waals surface area contributed by atoms with Crippen molar-refractivity contribution in [3.63, 3.8) is 0 Å². The number of carbonyl (C=O) groups is 2. The number of aryl methyl sites for hydroxylation is 1. The molecule has 104 valence electrons. The summed E-state index contributed by atoms with van der Waals surface area (Å²) in [6.07, 6.45) is 0. The quantitative estimate of drug-likeness (QED) is 0.781. The zero-order valence-corrected chi connectivity index (χ0v) is 13.0. The van der Waals surface area contributed by atoms with Gasteiger partial charge >= 0.3 is 5.97 Å². The molecular weight excluding hydrogens is 310 g/mol. The van der Waals surface area contributed by atoms with E-state index in [0.29, 0.717) is 18.7 Å². The highest BCUT2D eigenvalue weighted by atomic mass is 79.9. The maximum Gasteiger partial charge on any atom is 0.325 e. The number of benzene rings is 1. The molecule has 0 aliphatic heterocycles. The van der Waals surface area contributed by atoms with Gasteiger partial charge in [0.2, 0.25) is 0 Å². The summed E-state index contributed by atoms with van der Waals surface area (Å²) in [6, 6.07) is 5.38. The molecule has 0 radical (unpaired) electrons. The molecule has 5 heteroatoms. The van der Waals surface area contributed by atoms with Crippen molar-refractivity contribution in [2.45, 2.75) is 20.8 Å². The van der Waals surface area contributed by atoms with E-state index in [1.54, 1.807) is 19.1 Å². The van der Waals surface area contributed by atoms with E-state index in [4.69, 9.17) is 4.74 Å². The summed E-state index contributed by atoms with van der Waals surface area (Å²) in [7, 11) is 0. The summed E-state index contributed by atoms with van der Waals surface area (Å²) in [5.41, 5.74) is 1.56. The highest BCUT2D eigenvalue weighted by Crippen LogP contribution is 2.18. The second-order valence-electron chi connectivity index (χ2n) is 4.09. The Hall–Kier alpha value is -1.36. The maximum absolute atomic E-state index is 12.3. The average molecular weight is 328 g/mol. The number of likely N-dealkylation sites (N-methyl/N-ethyl adjacent to an activating group) is 1. The molecule has 0 atom stereocenters. The van der Waals surface area contributed by atoms with Crippen LogP contribution in [0.15, 0.2) is 22.7 Å². The monoisotopic (exact) mass is 327 g/mol. The maximum atomic E-state index is 12.3. The van der Waals surface area contributed by atoms with Crippen LogP contribution in [-0.2, 0) is 9.53 Å². The predicted octanol–water partition coefficient (Wildman–Crippen LogP) is 2.78. The number of rotatable bonds is 5. The molecule has 0 fully saturated rings. The van der Waals surface area contributed by atoms with Crippen molar-refractivity contribution in [1.29, 1.82) is 0 Å². The first kappa shape index (κ1) is 15.7. The lowest BCUT2D eigenvalue weighted by Gasteiger charge is -2.20. The molecule has 19 heavy (non-hydrogen) atoms. The Kier molecular flexibility index (Phi) is 6.02. The molecule has 1 rings (SSSR count). The second-order valence-corrected chi connectivity index (χ2v) is 4.94. The lowest BCUT2D eigenvalue weighted by Crippen LogP contribution is -2.36. The number of nitrogens with zero attached hydrogens (tertiary/aromatic N) is 1. The van der Waals surface area contributed by atoms with E-state index in [1.165, 1.54) is 4.90 Å². The van der Waals surface area contributed by atoms with Crippen LogP contribution in [0.5, 0.6) is 0 Å². The topological polar surface area (TPSA) is 46.6 Å². The molecule has 0 heterocycles. The first-order valence-corrected chi connectivity index (χ1v) is 6.99. The Bertz CT molecular complexity index is 474. The van der Waals surface area contributed by atoms with Gasteiger partial charge in [-0.05, 0) is 44.5 Å². The molecule has 1 amide bonds. The number of halogens is 1. The summed E-state index contributed by atoms with van der Waals surface area (Å²) in [5.74, 6) is -0.544. The Morgan fingerprint density at radius 2 is 2.00 bits per heavy atom. The van der Waals surface area contributed by atoms with Crippen molar-refractivity contribution in [1.82, 2.24) is 4.90 Å². The highest BCUT2D eigenvalue weighted by Gasteiger charge is 2.18. The zero-order valence-electron chi connectivity index (χ0n) is 11.4. The van der Waals surface area contributed by atoms with Crippen molar-refractivity contribution >= 4 is 27.8 Å². The fourth-order valence-corrected chi connectivity index (χ4v) is 1.90. The van der Waals surface area contributed by atoms with E-state index in [-0.39, 0.29) is 18.4 Å². The van der Waals surface area contributed by atoms with Crippen LogP contribution >= 0.6 is 15.9 Å². The molecule has 1 aromatic carbocycles. The van der Waals surface area contributed by atoms with E-state index in [2.05, 4.69) is 15.9 Å². The fraction of sp³-hybridized carbons (Fsp3) is 0.429. The van der Waals surface area contributed by atoms with Gasteiger partial charge in [0.1, 0.15) is 6.54 Å². The number of carbonyl (C=O) groups excluding carboxylic acids is 2. The third-order valence-electron chi connectivity index (χ3n) is 2.70.